The molecule has 1 aromatic carbocycles. The lowest BCUT2D eigenvalue weighted by Gasteiger charge is -2.13. The predicted molar refractivity (Wildman–Crippen MR) is 66.4 cm³/mol. The summed E-state index contributed by atoms with van der Waals surface area (Å²) in [5, 5.41) is 2.76. The summed E-state index contributed by atoms with van der Waals surface area (Å²) in [7, 11) is 0. The van der Waals surface area contributed by atoms with Gasteiger partial charge in [-0.25, -0.2) is 4.39 Å². The third kappa shape index (κ3) is 4.15. The predicted octanol–water partition coefficient (Wildman–Crippen LogP) is 1.99. The largest absolute Gasteiger partial charge is 0.349 e. The van der Waals surface area contributed by atoms with Gasteiger partial charge < -0.3 is 11.1 Å². The SMILES string of the molecule is Cc1ccc(C(=O)NC(C)CCCN)c(F)c1. The number of nitrogens with one attached hydrogen (secondary N) is 1. The molecular formula is C13H19FN2O. The van der Waals surface area contributed by atoms with Gasteiger partial charge in [0.15, 0.2) is 0 Å². The van der Waals surface area contributed by atoms with E-state index in [2.05, 4.69) is 5.32 Å². The normalized spacial score (nSPS) is 12.2. The summed E-state index contributed by atoms with van der Waals surface area (Å²) in [6.45, 7) is 4.27. The highest BCUT2D eigenvalue weighted by Gasteiger charge is 2.13. The molecule has 0 saturated heterocycles. The maximum atomic E-state index is 13.5. The van der Waals surface area contributed by atoms with E-state index >= 15 is 0 Å². The maximum absolute atomic E-state index is 13.5. The molecule has 0 fully saturated rings. The Balaban J connectivity index is 2.63. The Bertz CT molecular complexity index is 393. The van der Waals surface area contributed by atoms with Gasteiger partial charge in [0.25, 0.3) is 5.91 Å². The molecule has 0 spiro atoms. The lowest BCUT2D eigenvalue weighted by atomic mass is 10.1. The second-order valence-corrected chi connectivity index (χ2v) is 4.29. The van der Waals surface area contributed by atoms with Crippen LogP contribution in [-0.4, -0.2) is 18.5 Å². The van der Waals surface area contributed by atoms with Crippen molar-refractivity contribution in [3.8, 4) is 0 Å². The van der Waals surface area contributed by atoms with Gasteiger partial charge in [0.2, 0.25) is 0 Å². The summed E-state index contributed by atoms with van der Waals surface area (Å²) < 4.78 is 13.5. The topological polar surface area (TPSA) is 55.1 Å². The van der Waals surface area contributed by atoms with E-state index < -0.39 is 5.82 Å². The van der Waals surface area contributed by atoms with Crippen LogP contribution in [0.1, 0.15) is 35.7 Å². The molecule has 1 amide bonds. The molecule has 0 aliphatic heterocycles. The standard InChI is InChI=1S/C13H19FN2O/c1-9-5-6-11(12(14)8-9)13(17)16-10(2)4-3-7-15/h5-6,8,10H,3-4,7,15H2,1-2H3,(H,16,17). The quantitative estimate of drug-likeness (QED) is 0.824. The molecule has 1 atom stereocenters. The van der Waals surface area contributed by atoms with E-state index in [1.165, 1.54) is 12.1 Å². The van der Waals surface area contributed by atoms with E-state index in [0.29, 0.717) is 6.54 Å². The van der Waals surface area contributed by atoms with Crippen LogP contribution in [0.25, 0.3) is 0 Å². The summed E-state index contributed by atoms with van der Waals surface area (Å²) in [6.07, 6.45) is 1.65. The Hall–Kier alpha value is -1.42. The summed E-state index contributed by atoms with van der Waals surface area (Å²) in [4.78, 5) is 11.8. The third-order valence-corrected chi connectivity index (χ3v) is 2.59. The Morgan fingerprint density at radius 1 is 1.53 bits per heavy atom. The van der Waals surface area contributed by atoms with Crippen LogP contribution < -0.4 is 11.1 Å². The molecule has 0 bridgehead atoms. The van der Waals surface area contributed by atoms with Crippen molar-refractivity contribution in [3.05, 3.63) is 35.1 Å². The number of amides is 1. The number of carbonyl (C=O) groups excluding carboxylic acids is 1. The van der Waals surface area contributed by atoms with E-state index in [9.17, 15) is 9.18 Å². The zero-order chi connectivity index (χ0) is 12.8. The summed E-state index contributed by atoms with van der Waals surface area (Å²) in [5.41, 5.74) is 6.28. The summed E-state index contributed by atoms with van der Waals surface area (Å²) in [5.74, 6) is -0.847. The number of aryl methyl sites for hydroxylation is 1. The van der Waals surface area contributed by atoms with Crippen LogP contribution in [0.5, 0.6) is 0 Å². The first kappa shape index (κ1) is 13.6. The second-order valence-electron chi connectivity index (χ2n) is 4.29. The fraction of sp³-hybridized carbons (Fsp3) is 0.462. The number of nitrogens with two attached hydrogens (primary N) is 1. The third-order valence-electron chi connectivity index (χ3n) is 2.59. The zero-order valence-electron chi connectivity index (χ0n) is 10.3. The van der Waals surface area contributed by atoms with Crippen LogP contribution in [0.2, 0.25) is 0 Å². The van der Waals surface area contributed by atoms with Gasteiger partial charge in [0.05, 0.1) is 5.56 Å². The van der Waals surface area contributed by atoms with Crippen molar-refractivity contribution in [2.75, 3.05) is 6.54 Å². The first-order valence-electron chi connectivity index (χ1n) is 5.81. The number of halogens is 1. The van der Waals surface area contributed by atoms with Gasteiger partial charge in [-0.1, -0.05) is 6.07 Å². The molecule has 0 aromatic heterocycles. The van der Waals surface area contributed by atoms with Crippen molar-refractivity contribution < 1.29 is 9.18 Å². The molecule has 17 heavy (non-hydrogen) atoms. The Morgan fingerprint density at radius 3 is 2.82 bits per heavy atom. The highest BCUT2D eigenvalue weighted by atomic mass is 19.1. The minimum absolute atomic E-state index is 0.00625. The van der Waals surface area contributed by atoms with Gasteiger partial charge in [0.1, 0.15) is 5.82 Å². The minimum atomic E-state index is -0.478. The van der Waals surface area contributed by atoms with Crippen LogP contribution in [0.3, 0.4) is 0 Å². The van der Waals surface area contributed by atoms with Crippen molar-refractivity contribution in [2.24, 2.45) is 5.73 Å². The maximum Gasteiger partial charge on any atom is 0.254 e. The first-order chi connectivity index (χ1) is 8.04. The lowest BCUT2D eigenvalue weighted by molar-refractivity contribution is 0.0934. The van der Waals surface area contributed by atoms with Crippen LogP contribution in [0.4, 0.5) is 4.39 Å². The second kappa shape index (κ2) is 6.35. The molecular weight excluding hydrogens is 219 g/mol. The molecule has 4 heteroatoms. The van der Waals surface area contributed by atoms with E-state index in [0.717, 1.165) is 18.4 Å². The summed E-state index contributed by atoms with van der Waals surface area (Å²) in [6, 6.07) is 4.60. The molecule has 3 nitrogen and oxygen atoms in total. The molecule has 3 N–H and O–H groups in total. The van der Waals surface area contributed by atoms with Crippen molar-refractivity contribution in [1.82, 2.24) is 5.32 Å². The fourth-order valence-electron chi connectivity index (χ4n) is 1.60. The van der Waals surface area contributed by atoms with Crippen LogP contribution >= 0.6 is 0 Å². The molecule has 0 aliphatic rings. The minimum Gasteiger partial charge on any atom is -0.349 e. The molecule has 1 rings (SSSR count). The van der Waals surface area contributed by atoms with E-state index in [1.807, 2.05) is 6.92 Å². The Labute approximate surface area is 101 Å². The number of carbonyl (C=O) groups is 1. The molecule has 0 radical (unpaired) electrons. The molecule has 0 aliphatic carbocycles. The average molecular weight is 238 g/mol. The van der Waals surface area contributed by atoms with E-state index in [4.69, 9.17) is 5.73 Å². The van der Waals surface area contributed by atoms with E-state index in [-0.39, 0.29) is 17.5 Å². The van der Waals surface area contributed by atoms with Crippen LogP contribution in [0, 0.1) is 12.7 Å². The molecule has 0 heterocycles. The zero-order valence-corrected chi connectivity index (χ0v) is 10.3. The van der Waals surface area contributed by atoms with Gasteiger partial charge >= 0.3 is 0 Å². The highest BCUT2D eigenvalue weighted by molar-refractivity contribution is 5.94. The van der Waals surface area contributed by atoms with Crippen molar-refractivity contribution in [2.45, 2.75) is 32.7 Å². The van der Waals surface area contributed by atoms with Gasteiger partial charge in [0, 0.05) is 6.04 Å². The highest BCUT2D eigenvalue weighted by Crippen LogP contribution is 2.10. The average Bonchev–Trinajstić information content (AvgIpc) is 2.26. The van der Waals surface area contributed by atoms with Crippen molar-refractivity contribution in [3.63, 3.8) is 0 Å². The number of benzene rings is 1. The van der Waals surface area contributed by atoms with Crippen molar-refractivity contribution in [1.29, 1.82) is 0 Å². The van der Waals surface area contributed by atoms with Crippen LogP contribution in [-0.2, 0) is 0 Å². The van der Waals surface area contributed by atoms with Gasteiger partial charge in [-0.15, -0.1) is 0 Å². The molecule has 0 saturated carbocycles. The van der Waals surface area contributed by atoms with Crippen LogP contribution in [0.15, 0.2) is 18.2 Å². The number of hydrogen-bond acceptors (Lipinski definition) is 2. The van der Waals surface area contributed by atoms with E-state index in [1.54, 1.807) is 13.0 Å². The molecule has 94 valence electrons. The fourth-order valence-corrected chi connectivity index (χ4v) is 1.60. The summed E-state index contributed by atoms with van der Waals surface area (Å²) >= 11 is 0. The smallest absolute Gasteiger partial charge is 0.254 e. The first-order valence-corrected chi connectivity index (χ1v) is 5.81. The van der Waals surface area contributed by atoms with Crippen molar-refractivity contribution >= 4 is 5.91 Å². The molecule has 1 aromatic rings. The lowest BCUT2D eigenvalue weighted by Crippen LogP contribution is -2.33. The number of hydrogen-bond donors (Lipinski definition) is 2. The number of rotatable bonds is 5. The Morgan fingerprint density at radius 2 is 2.24 bits per heavy atom. The van der Waals surface area contributed by atoms with Gasteiger partial charge in [-0.05, 0) is 50.9 Å². The molecule has 1 unspecified atom stereocenters. The van der Waals surface area contributed by atoms with Gasteiger partial charge in [-0.3, -0.25) is 4.79 Å². The Kier molecular flexibility index (Phi) is 5.10. The van der Waals surface area contributed by atoms with Gasteiger partial charge in [-0.2, -0.15) is 0 Å². The monoisotopic (exact) mass is 238 g/mol.